The predicted molar refractivity (Wildman–Crippen MR) is 59.9 cm³/mol. The van der Waals surface area contributed by atoms with Gasteiger partial charge in [0.15, 0.2) is 0 Å². The molecule has 2 N–H and O–H groups in total. The van der Waals surface area contributed by atoms with Crippen LogP contribution in [0.4, 0.5) is 0 Å². The maximum Gasteiger partial charge on any atom is 0.100 e. The van der Waals surface area contributed by atoms with Crippen molar-refractivity contribution in [3.8, 4) is 0 Å². The number of hydrogen-bond donors (Lipinski definition) is 2. The summed E-state index contributed by atoms with van der Waals surface area (Å²) >= 11 is 0. The highest BCUT2D eigenvalue weighted by Crippen LogP contribution is 2.57. The number of ether oxygens (including phenoxy) is 1. The zero-order valence-electron chi connectivity index (χ0n) is 9.77. The number of aliphatic hydroxyl groups excluding tert-OH is 2. The highest BCUT2D eigenvalue weighted by atomic mass is 16.5. The predicted octanol–water partition coefficient (Wildman–Crippen LogP) is 1.32. The molecule has 4 aliphatic carbocycles. The molecule has 16 heavy (non-hydrogen) atoms. The minimum Gasteiger partial charge on any atom is -0.394 e. The first kappa shape index (κ1) is 11.0. The first-order valence-corrected chi connectivity index (χ1v) is 6.62. The van der Waals surface area contributed by atoms with Crippen LogP contribution in [0.1, 0.15) is 38.5 Å². The van der Waals surface area contributed by atoms with Gasteiger partial charge in [-0.05, 0) is 56.3 Å². The molecule has 1 atom stereocenters. The number of aliphatic hydroxyl groups is 2. The lowest BCUT2D eigenvalue weighted by atomic mass is 9.54. The molecule has 0 saturated heterocycles. The van der Waals surface area contributed by atoms with Crippen LogP contribution in [0, 0.1) is 17.8 Å². The molecule has 4 aliphatic rings. The topological polar surface area (TPSA) is 49.7 Å². The summed E-state index contributed by atoms with van der Waals surface area (Å²) in [5.41, 5.74) is 0.0604. The quantitative estimate of drug-likeness (QED) is 0.760. The van der Waals surface area contributed by atoms with Crippen molar-refractivity contribution in [2.24, 2.45) is 17.8 Å². The molecule has 0 aromatic rings. The lowest BCUT2D eigenvalue weighted by Gasteiger charge is -2.56. The van der Waals surface area contributed by atoms with E-state index in [1.54, 1.807) is 0 Å². The average molecular weight is 226 g/mol. The van der Waals surface area contributed by atoms with Gasteiger partial charge in [0.2, 0.25) is 0 Å². The molecule has 4 bridgehead atoms. The van der Waals surface area contributed by atoms with Crippen molar-refractivity contribution in [1.29, 1.82) is 0 Å². The maximum absolute atomic E-state index is 9.38. The smallest absolute Gasteiger partial charge is 0.100 e. The minimum atomic E-state index is -0.701. The molecule has 1 unspecified atom stereocenters. The van der Waals surface area contributed by atoms with E-state index in [1.165, 1.54) is 38.5 Å². The van der Waals surface area contributed by atoms with E-state index >= 15 is 0 Å². The second-order valence-corrected chi connectivity index (χ2v) is 6.25. The molecule has 0 amide bonds. The van der Waals surface area contributed by atoms with Crippen LogP contribution in [-0.2, 0) is 4.74 Å². The zero-order chi connectivity index (χ0) is 11.2. The van der Waals surface area contributed by atoms with Gasteiger partial charge in [0.1, 0.15) is 6.10 Å². The van der Waals surface area contributed by atoms with E-state index in [1.807, 2.05) is 0 Å². The minimum absolute atomic E-state index is 0.0604. The third-order valence-electron chi connectivity index (χ3n) is 4.77. The molecule has 0 radical (unpaired) electrons. The third kappa shape index (κ3) is 1.89. The molecular weight excluding hydrogens is 204 g/mol. The number of rotatable bonds is 4. The van der Waals surface area contributed by atoms with Gasteiger partial charge in [-0.2, -0.15) is 0 Å². The molecule has 3 nitrogen and oxygen atoms in total. The summed E-state index contributed by atoms with van der Waals surface area (Å²) in [4.78, 5) is 0. The van der Waals surface area contributed by atoms with E-state index in [-0.39, 0.29) is 12.2 Å². The van der Waals surface area contributed by atoms with E-state index in [9.17, 15) is 5.11 Å². The molecule has 0 spiro atoms. The molecule has 0 aromatic heterocycles. The molecule has 4 fully saturated rings. The molecule has 4 saturated carbocycles. The third-order valence-corrected chi connectivity index (χ3v) is 4.77. The van der Waals surface area contributed by atoms with Gasteiger partial charge in [-0.3, -0.25) is 0 Å². The van der Waals surface area contributed by atoms with E-state index < -0.39 is 6.10 Å². The summed E-state index contributed by atoms with van der Waals surface area (Å²) in [6, 6.07) is 0. The second kappa shape index (κ2) is 3.97. The van der Waals surface area contributed by atoms with Crippen LogP contribution in [0.2, 0.25) is 0 Å². The first-order chi connectivity index (χ1) is 7.69. The van der Waals surface area contributed by atoms with Crippen LogP contribution in [0.15, 0.2) is 0 Å². The van der Waals surface area contributed by atoms with Gasteiger partial charge >= 0.3 is 0 Å². The highest BCUT2D eigenvalue weighted by Gasteiger charge is 2.51. The Morgan fingerprint density at radius 1 is 1.06 bits per heavy atom. The molecule has 0 heterocycles. The maximum atomic E-state index is 9.38. The summed E-state index contributed by atoms with van der Waals surface area (Å²) in [5, 5.41) is 18.2. The van der Waals surface area contributed by atoms with Crippen LogP contribution in [0.5, 0.6) is 0 Å². The van der Waals surface area contributed by atoms with Gasteiger partial charge in [-0.1, -0.05) is 0 Å². The lowest BCUT2D eigenvalue weighted by molar-refractivity contribution is -0.177. The van der Waals surface area contributed by atoms with E-state index in [0.717, 1.165) is 17.8 Å². The summed E-state index contributed by atoms with van der Waals surface area (Å²) < 4.78 is 5.98. The average Bonchev–Trinajstić information content (AvgIpc) is 2.24. The van der Waals surface area contributed by atoms with Gasteiger partial charge in [-0.25, -0.2) is 0 Å². The first-order valence-electron chi connectivity index (χ1n) is 6.62. The lowest BCUT2D eigenvalue weighted by Crippen LogP contribution is -2.52. The Morgan fingerprint density at radius 3 is 2.00 bits per heavy atom. The Kier molecular flexibility index (Phi) is 2.73. The van der Waals surface area contributed by atoms with Gasteiger partial charge in [0.05, 0.1) is 18.8 Å². The van der Waals surface area contributed by atoms with Crippen molar-refractivity contribution in [1.82, 2.24) is 0 Å². The van der Waals surface area contributed by atoms with Crippen LogP contribution < -0.4 is 0 Å². The Labute approximate surface area is 96.8 Å². The van der Waals surface area contributed by atoms with Crippen LogP contribution in [-0.4, -0.2) is 35.1 Å². The monoisotopic (exact) mass is 226 g/mol. The highest BCUT2D eigenvalue weighted by molar-refractivity contribution is 5.03. The molecule has 0 aromatic carbocycles. The number of hydrogen-bond acceptors (Lipinski definition) is 3. The fourth-order valence-corrected chi connectivity index (χ4v) is 4.53. The Morgan fingerprint density at radius 2 is 1.56 bits per heavy atom. The SMILES string of the molecule is OCC(O)COC12CC3CC(CC(C3)C1)C2. The fraction of sp³-hybridized carbons (Fsp3) is 1.00. The van der Waals surface area contributed by atoms with Crippen molar-refractivity contribution >= 4 is 0 Å². The summed E-state index contributed by atoms with van der Waals surface area (Å²) in [5.74, 6) is 2.62. The molecule has 4 rings (SSSR count). The second-order valence-electron chi connectivity index (χ2n) is 6.25. The van der Waals surface area contributed by atoms with Crippen molar-refractivity contribution in [2.75, 3.05) is 13.2 Å². The normalized spacial score (nSPS) is 47.2. The van der Waals surface area contributed by atoms with Crippen molar-refractivity contribution in [2.45, 2.75) is 50.2 Å². The standard InChI is InChI=1S/C13H22O3/c14-7-12(15)8-16-13-4-9-1-10(5-13)3-11(2-9)6-13/h9-12,14-15H,1-8H2. The molecule has 92 valence electrons. The Bertz CT molecular complexity index is 229. The van der Waals surface area contributed by atoms with Gasteiger partial charge in [-0.15, -0.1) is 0 Å². The van der Waals surface area contributed by atoms with Crippen molar-refractivity contribution in [3.05, 3.63) is 0 Å². The molecular formula is C13H22O3. The summed E-state index contributed by atoms with van der Waals surface area (Å²) in [6.07, 6.45) is 7.10. The Hall–Kier alpha value is -0.120. The van der Waals surface area contributed by atoms with Crippen LogP contribution in [0.25, 0.3) is 0 Å². The van der Waals surface area contributed by atoms with E-state index in [0.29, 0.717) is 6.61 Å². The summed E-state index contributed by atoms with van der Waals surface area (Å²) in [7, 11) is 0. The Balaban J connectivity index is 1.64. The molecule has 0 aliphatic heterocycles. The van der Waals surface area contributed by atoms with E-state index in [4.69, 9.17) is 9.84 Å². The van der Waals surface area contributed by atoms with Crippen molar-refractivity contribution in [3.63, 3.8) is 0 Å². The van der Waals surface area contributed by atoms with Crippen LogP contribution >= 0.6 is 0 Å². The van der Waals surface area contributed by atoms with Crippen LogP contribution in [0.3, 0.4) is 0 Å². The summed E-state index contributed by atoms with van der Waals surface area (Å²) in [6.45, 7) is 0.120. The van der Waals surface area contributed by atoms with Gasteiger partial charge in [0.25, 0.3) is 0 Å². The van der Waals surface area contributed by atoms with Gasteiger partial charge < -0.3 is 14.9 Å². The molecule has 3 heteroatoms. The van der Waals surface area contributed by atoms with E-state index in [2.05, 4.69) is 0 Å². The van der Waals surface area contributed by atoms with Gasteiger partial charge in [0, 0.05) is 0 Å². The zero-order valence-corrected chi connectivity index (χ0v) is 9.77. The fourth-order valence-electron chi connectivity index (χ4n) is 4.53. The van der Waals surface area contributed by atoms with Crippen molar-refractivity contribution < 1.29 is 14.9 Å². The largest absolute Gasteiger partial charge is 0.394 e.